The van der Waals surface area contributed by atoms with Gasteiger partial charge in [-0.15, -0.1) is 0 Å². The lowest BCUT2D eigenvalue weighted by Gasteiger charge is -2.25. The predicted molar refractivity (Wildman–Crippen MR) is 105 cm³/mol. The zero-order chi connectivity index (χ0) is 21.8. The number of aliphatic carboxylic acids is 1. The van der Waals surface area contributed by atoms with E-state index in [-0.39, 0.29) is 36.2 Å². The molecule has 1 atom stereocenters. The molecule has 3 rings (SSSR count). The molecule has 9 heteroatoms. The summed E-state index contributed by atoms with van der Waals surface area (Å²) in [5.74, 6) is -3.20. The molecule has 1 saturated heterocycles. The Morgan fingerprint density at radius 3 is 2.23 bits per heavy atom. The number of carboxylic acid groups (broad SMARTS) is 1. The van der Waals surface area contributed by atoms with Gasteiger partial charge in [-0.3, -0.25) is 24.5 Å². The first-order valence-electron chi connectivity index (χ1n) is 9.11. The van der Waals surface area contributed by atoms with Crippen molar-refractivity contribution in [1.29, 1.82) is 0 Å². The van der Waals surface area contributed by atoms with Crippen LogP contribution in [-0.2, 0) is 14.4 Å². The number of hydrogen-bond donors (Lipinski definition) is 2. The number of aliphatic hydroxyl groups is 1. The number of carboxylic acids is 1. The molecule has 0 aliphatic carbocycles. The SMILES string of the molecule is O=C(O)CCCN1C(=O)C(=O)/C(=C(/O)c2ccc([N+](=O)[O-])cc2)C1c1ccccc1. The number of non-ortho nitro benzene ring substituents is 1. The quantitative estimate of drug-likeness (QED) is 0.235. The fraction of sp³-hybridized carbons (Fsp3) is 0.190. The molecule has 2 N–H and O–H groups in total. The van der Waals surface area contributed by atoms with E-state index in [0.717, 1.165) is 0 Å². The van der Waals surface area contributed by atoms with Gasteiger partial charge in [0, 0.05) is 30.7 Å². The number of hydrogen-bond acceptors (Lipinski definition) is 6. The van der Waals surface area contributed by atoms with E-state index in [0.29, 0.717) is 5.56 Å². The highest BCUT2D eigenvalue weighted by Gasteiger charge is 2.45. The van der Waals surface area contributed by atoms with Gasteiger partial charge < -0.3 is 15.1 Å². The van der Waals surface area contributed by atoms with Crippen molar-refractivity contribution in [2.45, 2.75) is 18.9 Å². The van der Waals surface area contributed by atoms with Crippen LogP contribution in [0.1, 0.15) is 30.0 Å². The second-order valence-corrected chi connectivity index (χ2v) is 6.70. The molecule has 1 heterocycles. The molecule has 30 heavy (non-hydrogen) atoms. The molecule has 9 nitrogen and oxygen atoms in total. The normalized spacial score (nSPS) is 17.9. The zero-order valence-electron chi connectivity index (χ0n) is 15.7. The van der Waals surface area contributed by atoms with E-state index in [1.165, 1.54) is 29.2 Å². The van der Waals surface area contributed by atoms with Gasteiger partial charge in [-0.1, -0.05) is 30.3 Å². The van der Waals surface area contributed by atoms with Crippen molar-refractivity contribution in [3.05, 3.63) is 81.4 Å². The van der Waals surface area contributed by atoms with Gasteiger partial charge in [-0.2, -0.15) is 0 Å². The summed E-state index contributed by atoms with van der Waals surface area (Å²) in [5, 5.41) is 30.5. The minimum atomic E-state index is -1.02. The van der Waals surface area contributed by atoms with E-state index in [1.807, 2.05) is 0 Å². The minimum Gasteiger partial charge on any atom is -0.507 e. The number of carbonyl (C=O) groups excluding carboxylic acids is 2. The molecule has 0 radical (unpaired) electrons. The van der Waals surface area contributed by atoms with Crippen LogP contribution >= 0.6 is 0 Å². The first-order valence-corrected chi connectivity index (χ1v) is 9.11. The van der Waals surface area contributed by atoms with Gasteiger partial charge in [0.25, 0.3) is 17.4 Å². The minimum absolute atomic E-state index is 0.0213. The zero-order valence-corrected chi connectivity index (χ0v) is 15.7. The number of likely N-dealkylation sites (tertiary alicyclic amines) is 1. The molecule has 0 bridgehead atoms. The van der Waals surface area contributed by atoms with E-state index >= 15 is 0 Å². The molecule has 0 saturated carbocycles. The summed E-state index contributed by atoms with van der Waals surface area (Å²) in [4.78, 5) is 47.7. The Balaban J connectivity index is 2.06. The van der Waals surface area contributed by atoms with Crippen molar-refractivity contribution < 1.29 is 29.5 Å². The number of Topliss-reactive ketones (excluding diaryl/α,β-unsaturated/α-hetero) is 1. The summed E-state index contributed by atoms with van der Waals surface area (Å²) in [5.41, 5.74) is 0.413. The van der Waals surface area contributed by atoms with Crippen LogP contribution < -0.4 is 0 Å². The van der Waals surface area contributed by atoms with Crippen LogP contribution in [0.2, 0.25) is 0 Å². The number of nitro groups is 1. The van der Waals surface area contributed by atoms with Gasteiger partial charge in [0.15, 0.2) is 0 Å². The Hall–Kier alpha value is -4.01. The van der Waals surface area contributed by atoms with Gasteiger partial charge in [-0.05, 0) is 24.1 Å². The van der Waals surface area contributed by atoms with Gasteiger partial charge >= 0.3 is 5.97 Å². The summed E-state index contributed by atoms with van der Waals surface area (Å²) in [7, 11) is 0. The molecule has 0 aromatic heterocycles. The Morgan fingerprint density at radius 1 is 1.03 bits per heavy atom. The van der Waals surface area contributed by atoms with Gasteiger partial charge in [-0.25, -0.2) is 0 Å². The van der Waals surface area contributed by atoms with E-state index in [9.17, 15) is 29.6 Å². The number of ketones is 1. The Labute approximate surface area is 171 Å². The number of benzene rings is 2. The van der Waals surface area contributed by atoms with Crippen LogP contribution in [0.15, 0.2) is 60.2 Å². The van der Waals surface area contributed by atoms with E-state index in [4.69, 9.17) is 5.11 Å². The van der Waals surface area contributed by atoms with Gasteiger partial charge in [0.1, 0.15) is 5.76 Å². The van der Waals surface area contributed by atoms with Gasteiger partial charge in [0.2, 0.25) is 0 Å². The first kappa shape index (κ1) is 20.7. The molecule has 0 spiro atoms. The lowest BCUT2D eigenvalue weighted by atomic mass is 9.95. The van der Waals surface area contributed by atoms with Crippen LogP contribution in [0, 0.1) is 10.1 Å². The number of nitro benzene ring substituents is 1. The number of rotatable bonds is 7. The number of nitrogens with zero attached hydrogens (tertiary/aromatic N) is 2. The molecular weight excluding hydrogens is 392 g/mol. The summed E-state index contributed by atoms with van der Waals surface area (Å²) in [6.45, 7) is 0.0213. The van der Waals surface area contributed by atoms with Crippen molar-refractivity contribution in [3.63, 3.8) is 0 Å². The maximum atomic E-state index is 12.8. The molecule has 154 valence electrons. The second-order valence-electron chi connectivity index (χ2n) is 6.70. The average Bonchev–Trinajstić information content (AvgIpc) is 2.98. The number of amides is 1. The van der Waals surface area contributed by atoms with Crippen molar-refractivity contribution in [2.24, 2.45) is 0 Å². The molecule has 1 aliphatic rings. The maximum Gasteiger partial charge on any atom is 0.303 e. The van der Waals surface area contributed by atoms with E-state index in [2.05, 4.69) is 0 Å². The highest BCUT2D eigenvalue weighted by Crippen LogP contribution is 2.39. The number of carbonyl (C=O) groups is 3. The fourth-order valence-electron chi connectivity index (χ4n) is 3.39. The summed E-state index contributed by atoms with van der Waals surface area (Å²) in [6, 6.07) is 12.7. The molecule has 1 fully saturated rings. The van der Waals surface area contributed by atoms with Crippen molar-refractivity contribution in [2.75, 3.05) is 6.54 Å². The van der Waals surface area contributed by atoms with Crippen LogP contribution in [0.5, 0.6) is 0 Å². The smallest absolute Gasteiger partial charge is 0.303 e. The lowest BCUT2D eigenvalue weighted by Crippen LogP contribution is -2.31. The summed E-state index contributed by atoms with van der Waals surface area (Å²) >= 11 is 0. The molecule has 1 unspecified atom stereocenters. The Kier molecular flexibility index (Phi) is 5.91. The van der Waals surface area contributed by atoms with Crippen LogP contribution in [-0.4, -0.2) is 44.2 Å². The van der Waals surface area contributed by atoms with Crippen LogP contribution in [0.3, 0.4) is 0 Å². The van der Waals surface area contributed by atoms with E-state index < -0.39 is 34.4 Å². The second kappa shape index (κ2) is 8.56. The standard InChI is InChI=1S/C21H18N2O7/c24-16(25)7-4-12-22-18(13-5-2-1-3-6-13)17(20(27)21(22)28)19(26)14-8-10-15(11-9-14)23(29)30/h1-3,5-6,8-11,18,26H,4,7,12H2,(H,24,25)/b19-17+. The number of aliphatic hydroxyl groups excluding tert-OH is 1. The van der Waals surface area contributed by atoms with Gasteiger partial charge in [0.05, 0.1) is 16.5 Å². The highest BCUT2D eigenvalue weighted by molar-refractivity contribution is 6.46. The van der Waals surface area contributed by atoms with Crippen molar-refractivity contribution >= 4 is 29.1 Å². The lowest BCUT2D eigenvalue weighted by molar-refractivity contribution is -0.384. The third kappa shape index (κ3) is 4.04. The topological polar surface area (TPSA) is 138 Å². The monoisotopic (exact) mass is 410 g/mol. The predicted octanol–water partition coefficient (Wildman–Crippen LogP) is 2.88. The third-order valence-electron chi connectivity index (χ3n) is 4.80. The molecule has 1 aliphatic heterocycles. The highest BCUT2D eigenvalue weighted by atomic mass is 16.6. The molecule has 2 aromatic carbocycles. The average molecular weight is 410 g/mol. The van der Waals surface area contributed by atoms with Crippen LogP contribution in [0.25, 0.3) is 5.76 Å². The Bertz CT molecular complexity index is 1030. The Morgan fingerprint density at radius 2 is 1.67 bits per heavy atom. The third-order valence-corrected chi connectivity index (χ3v) is 4.80. The largest absolute Gasteiger partial charge is 0.507 e. The van der Waals surface area contributed by atoms with Crippen molar-refractivity contribution in [1.82, 2.24) is 4.90 Å². The fourth-order valence-corrected chi connectivity index (χ4v) is 3.39. The summed E-state index contributed by atoms with van der Waals surface area (Å²) < 4.78 is 0. The molecule has 1 amide bonds. The van der Waals surface area contributed by atoms with Crippen LogP contribution in [0.4, 0.5) is 5.69 Å². The maximum absolute atomic E-state index is 12.8. The molecular formula is C21H18N2O7. The van der Waals surface area contributed by atoms with E-state index in [1.54, 1.807) is 30.3 Å². The first-order chi connectivity index (χ1) is 14.3. The summed E-state index contributed by atoms with van der Waals surface area (Å²) in [6.07, 6.45) is -0.0316. The van der Waals surface area contributed by atoms with Crippen molar-refractivity contribution in [3.8, 4) is 0 Å². The molecule has 2 aromatic rings.